The molecule has 1 aromatic carbocycles. The van der Waals surface area contributed by atoms with Gasteiger partial charge in [-0.3, -0.25) is 0 Å². The molecule has 0 aliphatic heterocycles. The Kier molecular flexibility index (Phi) is 6.01. The Morgan fingerprint density at radius 2 is 2.06 bits per heavy atom. The van der Waals surface area contributed by atoms with Gasteiger partial charge in [0.2, 0.25) is 0 Å². The molecule has 1 atom stereocenters. The summed E-state index contributed by atoms with van der Waals surface area (Å²) in [6.07, 6.45) is 1.55. The first kappa shape index (κ1) is 14.9. The van der Waals surface area contributed by atoms with Gasteiger partial charge >= 0.3 is 0 Å². The molecule has 0 bridgehead atoms. The number of hydrogen-bond acceptors (Lipinski definition) is 3. The normalized spacial score (nSPS) is 12.5. The molecule has 1 unspecified atom stereocenters. The maximum Gasteiger partial charge on any atom is 0.146 e. The van der Waals surface area contributed by atoms with Crippen LogP contribution in [0.3, 0.4) is 0 Å². The van der Waals surface area contributed by atoms with Gasteiger partial charge in [-0.1, -0.05) is 0 Å². The first-order chi connectivity index (χ1) is 8.58. The monoisotopic (exact) mass is 258 g/mol. The summed E-state index contributed by atoms with van der Waals surface area (Å²) in [4.78, 5) is 0. The Morgan fingerprint density at radius 1 is 1.33 bits per heavy atom. The molecule has 0 saturated carbocycles. The summed E-state index contributed by atoms with van der Waals surface area (Å²) >= 11 is 0. The van der Waals surface area contributed by atoms with E-state index in [1.54, 1.807) is 7.11 Å². The molecule has 0 spiro atoms. The number of anilines is 1. The van der Waals surface area contributed by atoms with Crippen LogP contribution < -0.4 is 11.1 Å². The molecule has 0 aromatic heterocycles. The van der Waals surface area contributed by atoms with Crippen LogP contribution in [0.2, 0.25) is 0 Å². The maximum atomic E-state index is 13.7. The zero-order valence-corrected chi connectivity index (χ0v) is 10.8. The summed E-state index contributed by atoms with van der Waals surface area (Å²) in [6, 6.07) is 2.29. The van der Waals surface area contributed by atoms with Gasteiger partial charge in [0.1, 0.15) is 11.6 Å². The summed E-state index contributed by atoms with van der Waals surface area (Å²) in [6.45, 7) is 2.52. The van der Waals surface area contributed by atoms with Crippen LogP contribution in [0.25, 0.3) is 0 Å². The largest absolute Gasteiger partial charge is 0.383 e. The molecule has 0 fully saturated rings. The summed E-state index contributed by atoms with van der Waals surface area (Å²) in [5.41, 5.74) is 5.90. The standard InChI is InChI=1S/C13H20F2N2O/c1-9-6-12(15)13(7-11(9)14)17-10(8-18-2)4-3-5-16/h6-7,10,17H,3-5,8,16H2,1-2H3. The second-order valence-corrected chi connectivity index (χ2v) is 4.31. The zero-order chi connectivity index (χ0) is 13.5. The predicted octanol–water partition coefficient (Wildman–Crippen LogP) is 2.44. The van der Waals surface area contributed by atoms with Crippen LogP contribution >= 0.6 is 0 Å². The van der Waals surface area contributed by atoms with Gasteiger partial charge in [-0.25, -0.2) is 8.78 Å². The van der Waals surface area contributed by atoms with E-state index in [-0.39, 0.29) is 11.7 Å². The lowest BCUT2D eigenvalue weighted by Crippen LogP contribution is -2.26. The minimum Gasteiger partial charge on any atom is -0.383 e. The van der Waals surface area contributed by atoms with Gasteiger partial charge in [-0.2, -0.15) is 0 Å². The van der Waals surface area contributed by atoms with E-state index in [0.717, 1.165) is 12.8 Å². The molecule has 5 heteroatoms. The van der Waals surface area contributed by atoms with Crippen LogP contribution in [0.15, 0.2) is 12.1 Å². The van der Waals surface area contributed by atoms with Crippen LogP contribution in [0.4, 0.5) is 14.5 Å². The van der Waals surface area contributed by atoms with Crippen molar-refractivity contribution >= 4 is 5.69 Å². The van der Waals surface area contributed by atoms with Crippen molar-refractivity contribution in [3.63, 3.8) is 0 Å². The number of methoxy groups -OCH3 is 1. The Hall–Kier alpha value is -1.20. The number of aryl methyl sites for hydroxylation is 1. The van der Waals surface area contributed by atoms with E-state index < -0.39 is 11.6 Å². The number of ether oxygens (including phenoxy) is 1. The topological polar surface area (TPSA) is 47.3 Å². The molecule has 102 valence electrons. The molecule has 18 heavy (non-hydrogen) atoms. The number of nitrogens with two attached hydrogens (primary N) is 1. The highest BCUT2D eigenvalue weighted by Gasteiger charge is 2.12. The first-order valence-electron chi connectivity index (χ1n) is 5.99. The Morgan fingerprint density at radius 3 is 2.67 bits per heavy atom. The van der Waals surface area contributed by atoms with Gasteiger partial charge in [-0.05, 0) is 37.9 Å². The molecule has 0 radical (unpaired) electrons. The van der Waals surface area contributed by atoms with Crippen molar-refractivity contribution in [3.8, 4) is 0 Å². The zero-order valence-electron chi connectivity index (χ0n) is 10.8. The quantitative estimate of drug-likeness (QED) is 0.789. The summed E-state index contributed by atoms with van der Waals surface area (Å²) in [5.74, 6) is -0.878. The molecule has 0 amide bonds. The average Bonchev–Trinajstić information content (AvgIpc) is 2.33. The molecule has 0 saturated heterocycles. The smallest absolute Gasteiger partial charge is 0.146 e. The number of hydrogen-bond donors (Lipinski definition) is 2. The van der Waals surface area contributed by atoms with Crippen LogP contribution in [0.5, 0.6) is 0 Å². The molecule has 3 nitrogen and oxygen atoms in total. The van der Waals surface area contributed by atoms with Crippen molar-refractivity contribution in [3.05, 3.63) is 29.3 Å². The molecule has 0 aliphatic rings. The Balaban J connectivity index is 2.76. The highest BCUT2D eigenvalue weighted by Crippen LogP contribution is 2.20. The van der Waals surface area contributed by atoms with E-state index in [1.807, 2.05) is 0 Å². The van der Waals surface area contributed by atoms with Crippen molar-refractivity contribution in [1.82, 2.24) is 0 Å². The van der Waals surface area contributed by atoms with Crippen molar-refractivity contribution in [2.45, 2.75) is 25.8 Å². The highest BCUT2D eigenvalue weighted by atomic mass is 19.1. The van der Waals surface area contributed by atoms with Crippen molar-refractivity contribution in [2.24, 2.45) is 5.73 Å². The molecule has 0 aliphatic carbocycles. The maximum absolute atomic E-state index is 13.7. The molecular formula is C13H20F2N2O. The summed E-state index contributed by atoms with van der Waals surface area (Å²) < 4.78 is 32.1. The van der Waals surface area contributed by atoms with Crippen LogP contribution in [-0.4, -0.2) is 26.3 Å². The second kappa shape index (κ2) is 7.28. The SMILES string of the molecule is COCC(CCCN)Nc1cc(F)c(C)cc1F. The lowest BCUT2D eigenvalue weighted by Gasteiger charge is -2.19. The lowest BCUT2D eigenvalue weighted by molar-refractivity contribution is 0.182. The van der Waals surface area contributed by atoms with Gasteiger partial charge in [0.25, 0.3) is 0 Å². The van der Waals surface area contributed by atoms with Gasteiger partial charge in [0.15, 0.2) is 0 Å². The Labute approximate surface area is 106 Å². The van der Waals surface area contributed by atoms with Crippen molar-refractivity contribution in [1.29, 1.82) is 0 Å². The van der Waals surface area contributed by atoms with E-state index in [9.17, 15) is 8.78 Å². The fourth-order valence-electron chi connectivity index (χ4n) is 1.74. The molecule has 0 heterocycles. The minimum absolute atomic E-state index is 0.0739. The number of nitrogens with one attached hydrogen (secondary N) is 1. The Bertz CT molecular complexity index is 385. The first-order valence-corrected chi connectivity index (χ1v) is 5.99. The van der Waals surface area contributed by atoms with E-state index in [4.69, 9.17) is 10.5 Å². The summed E-state index contributed by atoms with van der Waals surface area (Å²) in [7, 11) is 1.57. The van der Waals surface area contributed by atoms with Gasteiger partial charge in [-0.15, -0.1) is 0 Å². The molecule has 3 N–H and O–H groups in total. The van der Waals surface area contributed by atoms with E-state index in [2.05, 4.69) is 5.32 Å². The third-order valence-electron chi connectivity index (χ3n) is 2.73. The van der Waals surface area contributed by atoms with E-state index in [1.165, 1.54) is 19.1 Å². The number of halogens is 2. The van der Waals surface area contributed by atoms with Crippen molar-refractivity contribution < 1.29 is 13.5 Å². The van der Waals surface area contributed by atoms with Crippen LogP contribution in [0, 0.1) is 18.6 Å². The summed E-state index contributed by atoms with van der Waals surface area (Å²) in [5, 5.41) is 2.96. The molecular weight excluding hydrogens is 238 g/mol. The molecule has 1 aromatic rings. The predicted molar refractivity (Wildman–Crippen MR) is 68.7 cm³/mol. The minimum atomic E-state index is -0.456. The number of benzene rings is 1. The van der Waals surface area contributed by atoms with Crippen LogP contribution in [-0.2, 0) is 4.74 Å². The third-order valence-corrected chi connectivity index (χ3v) is 2.73. The number of rotatable bonds is 7. The van der Waals surface area contributed by atoms with Gasteiger partial charge < -0.3 is 15.8 Å². The highest BCUT2D eigenvalue weighted by molar-refractivity contribution is 5.47. The van der Waals surface area contributed by atoms with Crippen molar-refractivity contribution in [2.75, 3.05) is 25.6 Å². The van der Waals surface area contributed by atoms with Gasteiger partial charge in [0.05, 0.1) is 12.3 Å². The van der Waals surface area contributed by atoms with Crippen LogP contribution in [0.1, 0.15) is 18.4 Å². The lowest BCUT2D eigenvalue weighted by atomic mass is 10.1. The average molecular weight is 258 g/mol. The van der Waals surface area contributed by atoms with Gasteiger partial charge in [0, 0.05) is 19.2 Å². The third kappa shape index (κ3) is 4.23. The fourth-order valence-corrected chi connectivity index (χ4v) is 1.74. The van der Waals surface area contributed by atoms with E-state index in [0.29, 0.717) is 18.7 Å². The molecule has 1 rings (SSSR count). The van der Waals surface area contributed by atoms with E-state index >= 15 is 0 Å². The fraction of sp³-hybridized carbons (Fsp3) is 0.538. The second-order valence-electron chi connectivity index (χ2n) is 4.31.